The molecule has 0 aliphatic heterocycles. The van der Waals surface area contributed by atoms with Gasteiger partial charge in [0.15, 0.2) is 5.96 Å². The fraction of sp³-hybridized carbons (Fsp3) is 0.667. The van der Waals surface area contributed by atoms with E-state index in [4.69, 9.17) is 22.3 Å². The zero-order valence-corrected chi connectivity index (χ0v) is 16.4. The molecular formula is C15H28N6O6S. The van der Waals surface area contributed by atoms with Crippen molar-refractivity contribution < 1.29 is 29.4 Å². The molecule has 0 heterocycles. The second-order valence-corrected chi connectivity index (χ2v) is 6.88. The summed E-state index contributed by atoms with van der Waals surface area (Å²) in [5, 5.41) is 22.7. The topological polar surface area (TPSA) is 223 Å². The van der Waals surface area contributed by atoms with E-state index >= 15 is 0 Å². The second kappa shape index (κ2) is 13.6. The van der Waals surface area contributed by atoms with Crippen LogP contribution in [0.4, 0.5) is 0 Å². The van der Waals surface area contributed by atoms with Crippen LogP contribution in [0.15, 0.2) is 4.99 Å². The first-order valence-corrected chi connectivity index (χ1v) is 9.83. The summed E-state index contributed by atoms with van der Waals surface area (Å²) in [4.78, 5) is 50.5. The molecule has 13 heteroatoms. The Hall–Kier alpha value is -2.54. The van der Waals surface area contributed by atoms with Crippen LogP contribution in [-0.2, 0) is 19.2 Å². The van der Waals surface area contributed by atoms with Crippen LogP contribution in [-0.4, -0.2) is 76.6 Å². The lowest BCUT2D eigenvalue weighted by Crippen LogP contribution is -2.55. The van der Waals surface area contributed by atoms with Crippen molar-refractivity contribution in [2.45, 2.75) is 43.8 Å². The SMILES string of the molecule is CSCCC(N)C(=O)NC(CC(=O)O)C(=O)NC(CCCN=C(N)N)C(=O)O. The third kappa shape index (κ3) is 11.2. The summed E-state index contributed by atoms with van der Waals surface area (Å²) in [6.45, 7) is 0.168. The second-order valence-electron chi connectivity index (χ2n) is 5.90. The van der Waals surface area contributed by atoms with Gasteiger partial charge >= 0.3 is 11.9 Å². The highest BCUT2D eigenvalue weighted by atomic mass is 32.2. The fourth-order valence-electron chi connectivity index (χ4n) is 2.07. The summed E-state index contributed by atoms with van der Waals surface area (Å²) in [6, 6.07) is -3.66. The number of rotatable bonds is 14. The fourth-order valence-corrected chi connectivity index (χ4v) is 2.56. The number of guanidine groups is 1. The van der Waals surface area contributed by atoms with Gasteiger partial charge in [0, 0.05) is 6.54 Å². The van der Waals surface area contributed by atoms with Crippen LogP contribution in [0.1, 0.15) is 25.7 Å². The number of nitrogens with two attached hydrogens (primary N) is 3. The average Bonchev–Trinajstić information content (AvgIpc) is 2.60. The lowest BCUT2D eigenvalue weighted by atomic mass is 10.1. The molecule has 12 nitrogen and oxygen atoms in total. The van der Waals surface area contributed by atoms with Crippen molar-refractivity contribution in [3.8, 4) is 0 Å². The van der Waals surface area contributed by atoms with Crippen LogP contribution in [0.25, 0.3) is 0 Å². The van der Waals surface area contributed by atoms with Gasteiger partial charge in [0.2, 0.25) is 11.8 Å². The molecule has 160 valence electrons. The van der Waals surface area contributed by atoms with Crippen molar-refractivity contribution in [2.24, 2.45) is 22.2 Å². The summed E-state index contributed by atoms with van der Waals surface area (Å²) >= 11 is 1.48. The number of aliphatic carboxylic acids is 2. The van der Waals surface area contributed by atoms with Crippen LogP contribution in [0.3, 0.4) is 0 Å². The first-order chi connectivity index (χ1) is 13.1. The first kappa shape index (κ1) is 25.5. The Morgan fingerprint density at radius 2 is 1.64 bits per heavy atom. The summed E-state index contributed by atoms with van der Waals surface area (Å²) in [7, 11) is 0. The van der Waals surface area contributed by atoms with E-state index in [2.05, 4.69) is 15.6 Å². The Balaban J connectivity index is 4.95. The number of carbonyl (C=O) groups is 4. The van der Waals surface area contributed by atoms with Crippen molar-refractivity contribution in [2.75, 3.05) is 18.6 Å². The molecule has 0 aliphatic carbocycles. The molecular weight excluding hydrogens is 392 g/mol. The minimum Gasteiger partial charge on any atom is -0.481 e. The van der Waals surface area contributed by atoms with Gasteiger partial charge in [0.1, 0.15) is 12.1 Å². The Labute approximate surface area is 166 Å². The highest BCUT2D eigenvalue weighted by Gasteiger charge is 2.29. The third-order valence-electron chi connectivity index (χ3n) is 3.54. The number of thioether (sulfide) groups is 1. The number of aliphatic imine (C=N–C) groups is 1. The van der Waals surface area contributed by atoms with Crippen molar-refractivity contribution >= 4 is 41.5 Å². The number of amides is 2. The molecule has 0 rings (SSSR count). The summed E-state index contributed by atoms with van der Waals surface area (Å²) < 4.78 is 0. The van der Waals surface area contributed by atoms with Gasteiger partial charge in [-0.15, -0.1) is 0 Å². The highest BCUT2D eigenvalue weighted by molar-refractivity contribution is 7.98. The van der Waals surface area contributed by atoms with E-state index in [0.29, 0.717) is 12.2 Å². The Kier molecular flexibility index (Phi) is 12.4. The number of hydrogen-bond donors (Lipinski definition) is 7. The summed E-state index contributed by atoms with van der Waals surface area (Å²) in [6.07, 6.45) is 1.75. The summed E-state index contributed by atoms with van der Waals surface area (Å²) in [5.41, 5.74) is 16.0. The minimum absolute atomic E-state index is 0.0127. The number of carboxylic acid groups (broad SMARTS) is 2. The normalized spacial score (nSPS) is 13.6. The predicted octanol–water partition coefficient (Wildman–Crippen LogP) is -2.35. The van der Waals surface area contributed by atoms with Gasteiger partial charge in [0.25, 0.3) is 0 Å². The monoisotopic (exact) mass is 420 g/mol. The molecule has 0 radical (unpaired) electrons. The van der Waals surface area contributed by atoms with Gasteiger partial charge in [-0.05, 0) is 31.3 Å². The van der Waals surface area contributed by atoms with Crippen LogP contribution in [0.2, 0.25) is 0 Å². The van der Waals surface area contributed by atoms with E-state index in [9.17, 15) is 24.3 Å². The van der Waals surface area contributed by atoms with Crippen LogP contribution < -0.4 is 27.8 Å². The first-order valence-electron chi connectivity index (χ1n) is 8.43. The van der Waals surface area contributed by atoms with Gasteiger partial charge in [0.05, 0.1) is 12.5 Å². The Morgan fingerprint density at radius 3 is 2.14 bits per heavy atom. The molecule has 0 aromatic heterocycles. The van der Waals surface area contributed by atoms with E-state index in [-0.39, 0.29) is 25.3 Å². The molecule has 0 fully saturated rings. The molecule has 0 saturated carbocycles. The van der Waals surface area contributed by atoms with Crippen LogP contribution in [0, 0.1) is 0 Å². The van der Waals surface area contributed by atoms with Gasteiger partial charge in [-0.1, -0.05) is 0 Å². The molecule has 0 aromatic rings. The number of carbonyl (C=O) groups excluding carboxylic acids is 2. The standard InChI is InChI=1S/C15H28N6O6S/c1-28-6-4-8(16)12(24)21-10(7-11(22)23)13(25)20-9(14(26)27)3-2-5-19-15(17)18/h8-10H,2-7,16H2,1H3,(H,20,25)(H,21,24)(H,22,23)(H,26,27)(H4,17,18,19). The maximum atomic E-state index is 12.3. The predicted molar refractivity (Wildman–Crippen MR) is 105 cm³/mol. The molecule has 0 saturated heterocycles. The molecule has 28 heavy (non-hydrogen) atoms. The Bertz CT molecular complexity index is 583. The lowest BCUT2D eigenvalue weighted by molar-refractivity contribution is -0.143. The maximum absolute atomic E-state index is 12.3. The Morgan fingerprint density at radius 1 is 1.04 bits per heavy atom. The van der Waals surface area contributed by atoms with E-state index in [1.165, 1.54) is 11.8 Å². The number of nitrogens with one attached hydrogen (secondary N) is 2. The zero-order valence-electron chi connectivity index (χ0n) is 15.6. The van der Waals surface area contributed by atoms with Crippen LogP contribution >= 0.6 is 11.8 Å². The number of hydrogen-bond acceptors (Lipinski definition) is 7. The van der Waals surface area contributed by atoms with Gasteiger partial charge in [-0.25, -0.2) is 4.79 Å². The molecule has 0 aromatic carbocycles. The van der Waals surface area contributed by atoms with E-state index in [0.717, 1.165) is 0 Å². The van der Waals surface area contributed by atoms with E-state index in [1.54, 1.807) is 0 Å². The van der Waals surface area contributed by atoms with Gasteiger partial charge < -0.3 is 38.0 Å². The largest absolute Gasteiger partial charge is 0.481 e. The van der Waals surface area contributed by atoms with Gasteiger partial charge in [-0.3, -0.25) is 19.4 Å². The van der Waals surface area contributed by atoms with Crippen molar-refractivity contribution in [3.63, 3.8) is 0 Å². The molecule has 3 atom stereocenters. The highest BCUT2D eigenvalue weighted by Crippen LogP contribution is 2.03. The number of nitrogens with zero attached hydrogens (tertiary/aromatic N) is 1. The molecule has 0 bridgehead atoms. The van der Waals surface area contributed by atoms with Crippen molar-refractivity contribution in [1.29, 1.82) is 0 Å². The molecule has 2 amide bonds. The quantitative estimate of drug-likeness (QED) is 0.0899. The molecule has 0 spiro atoms. The molecule has 0 aliphatic rings. The summed E-state index contributed by atoms with van der Waals surface area (Å²) in [5.74, 6) is -3.79. The minimum atomic E-state index is -1.45. The molecule has 10 N–H and O–H groups in total. The van der Waals surface area contributed by atoms with E-state index < -0.39 is 48.3 Å². The number of carboxylic acids is 2. The lowest BCUT2D eigenvalue weighted by Gasteiger charge is -2.21. The average molecular weight is 420 g/mol. The maximum Gasteiger partial charge on any atom is 0.326 e. The molecule has 3 unspecified atom stereocenters. The van der Waals surface area contributed by atoms with E-state index in [1.807, 2.05) is 6.26 Å². The van der Waals surface area contributed by atoms with Crippen molar-refractivity contribution in [3.05, 3.63) is 0 Å². The smallest absolute Gasteiger partial charge is 0.326 e. The van der Waals surface area contributed by atoms with Crippen molar-refractivity contribution in [1.82, 2.24) is 10.6 Å². The zero-order chi connectivity index (χ0) is 21.7. The third-order valence-corrected chi connectivity index (χ3v) is 4.19. The van der Waals surface area contributed by atoms with Gasteiger partial charge in [-0.2, -0.15) is 11.8 Å². The van der Waals surface area contributed by atoms with Crippen LogP contribution in [0.5, 0.6) is 0 Å².